The number of hydrogen-bond donors (Lipinski definition) is 1. The SMILES string of the molecule is COC(=O)[C@H](Cc1ccccc1)[NH2+]C(=O)O[C@H]1C=C[C@@]23CCN(C)Cc4ccc(OC)c(c42)O[C@H]3C1. The van der Waals surface area contributed by atoms with Crippen LogP contribution in [-0.4, -0.2) is 63.0 Å². The monoisotopic (exact) mass is 493 g/mol. The molecule has 190 valence electrons. The van der Waals surface area contributed by atoms with Crippen molar-refractivity contribution in [1.29, 1.82) is 0 Å². The number of carbonyl (C=O) groups is 2. The maximum atomic E-state index is 12.9. The first-order chi connectivity index (χ1) is 17.4. The third kappa shape index (κ3) is 4.47. The fourth-order valence-electron chi connectivity index (χ4n) is 5.74. The van der Waals surface area contributed by atoms with Crippen molar-refractivity contribution >= 4 is 12.1 Å². The van der Waals surface area contributed by atoms with Crippen LogP contribution in [0, 0.1) is 0 Å². The van der Waals surface area contributed by atoms with Gasteiger partial charge in [0, 0.05) is 24.9 Å². The summed E-state index contributed by atoms with van der Waals surface area (Å²) in [5.74, 6) is 1.06. The molecule has 8 heteroatoms. The number of nitrogens with zero attached hydrogens (tertiary/aromatic N) is 1. The van der Waals surface area contributed by atoms with Crippen LogP contribution in [0.25, 0.3) is 0 Å². The molecule has 2 aromatic rings. The van der Waals surface area contributed by atoms with Gasteiger partial charge in [0.2, 0.25) is 0 Å². The maximum Gasteiger partial charge on any atom is 0.513 e. The molecule has 3 aliphatic rings. The van der Waals surface area contributed by atoms with Gasteiger partial charge in [-0.05, 0) is 43.3 Å². The first-order valence-electron chi connectivity index (χ1n) is 12.4. The van der Waals surface area contributed by atoms with Crippen molar-refractivity contribution in [2.45, 2.75) is 49.5 Å². The molecule has 1 amide bonds. The highest BCUT2D eigenvalue weighted by Gasteiger charge is 2.53. The molecule has 5 rings (SSSR count). The van der Waals surface area contributed by atoms with Gasteiger partial charge in [-0.25, -0.2) is 10.1 Å². The number of carbonyl (C=O) groups excluding carboxylic acids is 2. The van der Waals surface area contributed by atoms with E-state index in [1.807, 2.05) is 42.5 Å². The van der Waals surface area contributed by atoms with Crippen LogP contribution in [-0.2, 0) is 32.6 Å². The van der Waals surface area contributed by atoms with Crippen LogP contribution in [0.3, 0.4) is 0 Å². The van der Waals surface area contributed by atoms with Gasteiger partial charge in [-0.2, -0.15) is 4.79 Å². The molecule has 0 fully saturated rings. The minimum Gasteiger partial charge on any atom is -0.493 e. The van der Waals surface area contributed by atoms with Gasteiger partial charge < -0.3 is 23.8 Å². The van der Waals surface area contributed by atoms with E-state index in [2.05, 4.69) is 24.1 Å². The lowest BCUT2D eigenvalue weighted by atomic mass is 9.69. The predicted molar refractivity (Wildman–Crippen MR) is 132 cm³/mol. The van der Waals surface area contributed by atoms with Gasteiger partial charge in [0.25, 0.3) is 0 Å². The molecule has 2 N–H and O–H groups in total. The molecular weight excluding hydrogens is 460 g/mol. The second-order valence-corrected chi connectivity index (χ2v) is 9.82. The van der Waals surface area contributed by atoms with E-state index in [9.17, 15) is 9.59 Å². The lowest BCUT2D eigenvalue weighted by Gasteiger charge is -2.36. The molecule has 1 aliphatic carbocycles. The fraction of sp³-hybridized carbons (Fsp3) is 0.429. The maximum absolute atomic E-state index is 12.9. The van der Waals surface area contributed by atoms with Crippen LogP contribution >= 0.6 is 0 Å². The minimum absolute atomic E-state index is 0.169. The van der Waals surface area contributed by atoms with Gasteiger partial charge in [-0.1, -0.05) is 42.5 Å². The average molecular weight is 494 g/mol. The topological polar surface area (TPSA) is 90.9 Å². The Morgan fingerprint density at radius 1 is 1.19 bits per heavy atom. The van der Waals surface area contributed by atoms with E-state index in [0.717, 1.165) is 36.6 Å². The summed E-state index contributed by atoms with van der Waals surface area (Å²) >= 11 is 0. The third-order valence-corrected chi connectivity index (χ3v) is 7.54. The van der Waals surface area contributed by atoms with Crippen LogP contribution in [0.5, 0.6) is 11.5 Å². The summed E-state index contributed by atoms with van der Waals surface area (Å²) in [5.41, 5.74) is 3.09. The second kappa shape index (κ2) is 9.95. The van der Waals surface area contributed by atoms with Crippen molar-refractivity contribution in [1.82, 2.24) is 4.90 Å². The fourth-order valence-corrected chi connectivity index (χ4v) is 5.74. The number of amides is 1. The van der Waals surface area contributed by atoms with E-state index < -0.39 is 24.2 Å². The van der Waals surface area contributed by atoms with E-state index in [0.29, 0.717) is 12.8 Å². The molecule has 0 aromatic heterocycles. The summed E-state index contributed by atoms with van der Waals surface area (Å²) in [5, 5.41) is 1.32. The van der Waals surface area contributed by atoms with E-state index in [1.54, 1.807) is 7.11 Å². The predicted octanol–water partition coefficient (Wildman–Crippen LogP) is 2.34. The van der Waals surface area contributed by atoms with Gasteiger partial charge in [0.1, 0.15) is 12.2 Å². The van der Waals surface area contributed by atoms with Crippen molar-refractivity contribution in [2.75, 3.05) is 27.8 Å². The Labute approximate surface area is 211 Å². The lowest BCUT2D eigenvalue weighted by Crippen LogP contribution is -2.95. The van der Waals surface area contributed by atoms with Gasteiger partial charge >= 0.3 is 12.1 Å². The number of quaternary nitrogens is 1. The molecule has 0 saturated heterocycles. The number of methoxy groups -OCH3 is 2. The summed E-state index contributed by atoms with van der Waals surface area (Å²) in [6.45, 7) is 1.78. The highest BCUT2D eigenvalue weighted by atomic mass is 16.6. The molecule has 0 radical (unpaired) electrons. The average Bonchev–Trinajstić information content (AvgIpc) is 3.14. The molecule has 2 heterocycles. The molecule has 0 unspecified atom stereocenters. The zero-order chi connectivity index (χ0) is 25.3. The number of ether oxygens (including phenoxy) is 4. The Bertz CT molecular complexity index is 1170. The van der Waals surface area contributed by atoms with Crippen molar-refractivity contribution in [3.8, 4) is 11.5 Å². The largest absolute Gasteiger partial charge is 0.513 e. The van der Waals surface area contributed by atoms with Crippen LogP contribution in [0.15, 0.2) is 54.6 Å². The number of esters is 1. The van der Waals surface area contributed by atoms with Crippen molar-refractivity contribution < 1.29 is 33.9 Å². The number of hydrogen-bond acceptors (Lipinski definition) is 7. The third-order valence-electron chi connectivity index (χ3n) is 7.54. The van der Waals surface area contributed by atoms with E-state index in [-0.39, 0.29) is 11.5 Å². The van der Waals surface area contributed by atoms with E-state index in [4.69, 9.17) is 18.9 Å². The Kier molecular flexibility index (Phi) is 6.73. The Morgan fingerprint density at radius 3 is 2.75 bits per heavy atom. The molecule has 4 atom stereocenters. The minimum atomic E-state index is -0.722. The summed E-state index contributed by atoms with van der Waals surface area (Å²) in [6, 6.07) is 12.9. The van der Waals surface area contributed by atoms with Gasteiger partial charge in [0.05, 0.1) is 19.6 Å². The molecule has 2 aromatic carbocycles. The molecule has 8 nitrogen and oxygen atoms in total. The molecule has 1 spiro atoms. The van der Waals surface area contributed by atoms with Crippen LogP contribution < -0.4 is 14.8 Å². The standard InChI is InChI=1S/C28H32N2O6/c1-30-14-13-28-12-11-20(16-23(28)36-25-22(33-2)10-9-19(17-30)24(25)28)35-27(32)29-21(26(31)34-3)15-18-7-5-4-6-8-18/h4-12,20-21,23H,13-17H2,1-3H3,(H,29,32)/p+1/t20-,21-,23-,28-/m0/s1. The summed E-state index contributed by atoms with van der Waals surface area (Å²) in [4.78, 5) is 27.5. The second-order valence-electron chi connectivity index (χ2n) is 9.82. The Balaban J connectivity index is 1.32. The van der Waals surface area contributed by atoms with Crippen LogP contribution in [0.2, 0.25) is 0 Å². The number of primary amides is 1. The highest BCUT2D eigenvalue weighted by Crippen LogP contribution is 2.55. The van der Waals surface area contributed by atoms with Crippen LogP contribution in [0.4, 0.5) is 4.79 Å². The first kappa shape index (κ1) is 24.3. The molecule has 2 aliphatic heterocycles. The number of nitrogens with two attached hydrogens (primary N) is 1. The van der Waals surface area contributed by atoms with E-state index >= 15 is 0 Å². The lowest BCUT2D eigenvalue weighted by molar-refractivity contribution is -0.597. The van der Waals surface area contributed by atoms with Crippen LogP contribution in [0.1, 0.15) is 29.5 Å². The Hall–Kier alpha value is -3.36. The van der Waals surface area contributed by atoms with Crippen molar-refractivity contribution in [3.05, 3.63) is 71.3 Å². The van der Waals surface area contributed by atoms with Gasteiger partial charge in [-0.3, -0.25) is 0 Å². The summed E-state index contributed by atoms with van der Waals surface area (Å²) in [7, 11) is 5.11. The van der Waals surface area contributed by atoms with Gasteiger partial charge in [0.15, 0.2) is 17.5 Å². The first-order valence-corrected chi connectivity index (χ1v) is 12.4. The highest BCUT2D eigenvalue weighted by molar-refractivity contribution is 5.76. The molecule has 36 heavy (non-hydrogen) atoms. The summed E-state index contributed by atoms with van der Waals surface area (Å²) in [6.07, 6.45) is 4.77. The zero-order valence-corrected chi connectivity index (χ0v) is 20.9. The summed E-state index contributed by atoms with van der Waals surface area (Å²) < 4.78 is 22.8. The van der Waals surface area contributed by atoms with Gasteiger partial charge in [-0.15, -0.1) is 0 Å². The Morgan fingerprint density at radius 2 is 2.00 bits per heavy atom. The zero-order valence-electron chi connectivity index (χ0n) is 20.9. The molecule has 0 bridgehead atoms. The van der Waals surface area contributed by atoms with E-state index in [1.165, 1.54) is 23.6 Å². The number of benzene rings is 2. The van der Waals surface area contributed by atoms with Crippen molar-refractivity contribution in [2.24, 2.45) is 0 Å². The molecule has 0 saturated carbocycles. The quantitative estimate of drug-likeness (QED) is 0.488. The molecular formula is C28H33N2O6+. The van der Waals surface area contributed by atoms with Crippen molar-refractivity contribution in [3.63, 3.8) is 0 Å². The number of rotatable bonds is 6. The smallest absolute Gasteiger partial charge is 0.493 e. The normalized spacial score (nSPS) is 25.1.